The lowest BCUT2D eigenvalue weighted by Crippen LogP contribution is -2.44. The Balaban J connectivity index is 1.58. The number of para-hydroxylation sites is 2. The fraction of sp³-hybridized carbons (Fsp3) is 0.500. The third kappa shape index (κ3) is 4.76. The number of carbonyl (C=O) groups excluding carboxylic acids is 1. The molecule has 7 nitrogen and oxygen atoms in total. The fourth-order valence-corrected chi connectivity index (χ4v) is 3.30. The third-order valence-corrected chi connectivity index (χ3v) is 5.08. The molecule has 0 spiro atoms. The van der Waals surface area contributed by atoms with E-state index in [2.05, 4.69) is 38.4 Å². The Hall–Kier alpha value is -2.06. The van der Waals surface area contributed by atoms with Crippen LogP contribution in [0.1, 0.15) is 25.7 Å². The molecular formula is C18H25N5O2S. The van der Waals surface area contributed by atoms with Crippen LogP contribution < -0.4 is 10.2 Å². The number of hydrogen-bond donors (Lipinski definition) is 1. The lowest BCUT2D eigenvalue weighted by molar-refractivity contribution is -0.113. The van der Waals surface area contributed by atoms with Crippen molar-refractivity contribution in [3.63, 3.8) is 0 Å². The summed E-state index contributed by atoms with van der Waals surface area (Å²) in [6.07, 6.45) is 0. The van der Waals surface area contributed by atoms with E-state index in [1.165, 1.54) is 11.8 Å². The van der Waals surface area contributed by atoms with Crippen molar-refractivity contribution in [3.8, 4) is 0 Å². The Kier molecular flexibility index (Phi) is 6.16. The molecule has 1 fully saturated rings. The summed E-state index contributed by atoms with van der Waals surface area (Å²) in [7, 11) is 2.13. The van der Waals surface area contributed by atoms with Crippen molar-refractivity contribution < 1.29 is 9.21 Å². The first-order valence-corrected chi connectivity index (χ1v) is 9.80. The van der Waals surface area contributed by atoms with Gasteiger partial charge in [-0.3, -0.25) is 4.79 Å². The number of rotatable bonds is 6. The SMILES string of the molecule is CC(C)c1nnc(SCC(=O)Nc2ccccc2N2CCN(C)CC2)o1. The van der Waals surface area contributed by atoms with E-state index in [4.69, 9.17) is 4.42 Å². The van der Waals surface area contributed by atoms with Crippen molar-refractivity contribution in [3.05, 3.63) is 30.2 Å². The number of nitrogens with one attached hydrogen (secondary N) is 1. The molecule has 140 valence electrons. The molecule has 1 aliphatic rings. The first-order chi connectivity index (χ1) is 12.5. The van der Waals surface area contributed by atoms with E-state index in [1.807, 2.05) is 32.0 Å². The molecule has 2 heterocycles. The van der Waals surface area contributed by atoms with Crippen molar-refractivity contribution in [2.24, 2.45) is 0 Å². The number of likely N-dealkylation sites (N-methyl/N-ethyl adjacent to an activating group) is 1. The summed E-state index contributed by atoms with van der Waals surface area (Å²) in [5.74, 6) is 0.923. The Morgan fingerprint density at radius 1 is 1.23 bits per heavy atom. The number of nitrogens with zero attached hydrogens (tertiary/aromatic N) is 4. The number of anilines is 2. The number of aromatic nitrogens is 2. The van der Waals surface area contributed by atoms with Crippen LogP contribution in [0.3, 0.4) is 0 Å². The smallest absolute Gasteiger partial charge is 0.277 e. The normalized spacial score (nSPS) is 15.5. The van der Waals surface area contributed by atoms with Gasteiger partial charge in [0.2, 0.25) is 11.8 Å². The van der Waals surface area contributed by atoms with Gasteiger partial charge in [0, 0.05) is 32.1 Å². The van der Waals surface area contributed by atoms with Gasteiger partial charge in [0.1, 0.15) is 0 Å². The first-order valence-electron chi connectivity index (χ1n) is 8.81. The predicted octanol–water partition coefficient (Wildman–Crippen LogP) is 2.68. The molecule has 1 aromatic carbocycles. The summed E-state index contributed by atoms with van der Waals surface area (Å²) in [6, 6.07) is 7.94. The van der Waals surface area contributed by atoms with Crippen LogP contribution in [0, 0.1) is 0 Å². The highest BCUT2D eigenvalue weighted by Crippen LogP contribution is 2.27. The minimum Gasteiger partial charge on any atom is -0.416 e. The quantitative estimate of drug-likeness (QED) is 0.778. The summed E-state index contributed by atoms with van der Waals surface area (Å²) in [4.78, 5) is 17.0. The van der Waals surface area contributed by atoms with E-state index in [-0.39, 0.29) is 17.6 Å². The molecular weight excluding hydrogens is 350 g/mol. The minimum absolute atomic E-state index is 0.0825. The molecule has 0 bridgehead atoms. The van der Waals surface area contributed by atoms with Crippen LogP contribution in [0.2, 0.25) is 0 Å². The van der Waals surface area contributed by atoms with Gasteiger partial charge in [-0.1, -0.05) is 37.7 Å². The molecule has 1 aromatic heterocycles. The van der Waals surface area contributed by atoms with E-state index in [1.54, 1.807) is 0 Å². The maximum atomic E-state index is 12.4. The molecule has 1 saturated heterocycles. The van der Waals surface area contributed by atoms with Crippen LogP contribution in [0.4, 0.5) is 11.4 Å². The van der Waals surface area contributed by atoms with Crippen molar-refractivity contribution in [1.82, 2.24) is 15.1 Å². The van der Waals surface area contributed by atoms with E-state index < -0.39 is 0 Å². The van der Waals surface area contributed by atoms with Crippen LogP contribution in [0.25, 0.3) is 0 Å². The van der Waals surface area contributed by atoms with Crippen molar-refractivity contribution in [1.29, 1.82) is 0 Å². The molecule has 2 aromatic rings. The van der Waals surface area contributed by atoms with Crippen LogP contribution >= 0.6 is 11.8 Å². The number of carbonyl (C=O) groups is 1. The predicted molar refractivity (Wildman–Crippen MR) is 104 cm³/mol. The maximum absolute atomic E-state index is 12.4. The number of hydrogen-bond acceptors (Lipinski definition) is 7. The molecule has 0 atom stereocenters. The second-order valence-electron chi connectivity index (χ2n) is 6.71. The summed E-state index contributed by atoms with van der Waals surface area (Å²) in [5.41, 5.74) is 1.91. The molecule has 0 aliphatic carbocycles. The Morgan fingerprint density at radius 2 is 1.96 bits per heavy atom. The van der Waals surface area contributed by atoms with E-state index in [0.717, 1.165) is 37.6 Å². The van der Waals surface area contributed by atoms with Crippen molar-refractivity contribution >= 4 is 29.0 Å². The zero-order valence-electron chi connectivity index (χ0n) is 15.4. The highest BCUT2D eigenvalue weighted by atomic mass is 32.2. The number of piperazine rings is 1. The Morgan fingerprint density at radius 3 is 2.65 bits per heavy atom. The van der Waals surface area contributed by atoms with Gasteiger partial charge in [-0.05, 0) is 19.2 Å². The maximum Gasteiger partial charge on any atom is 0.277 e. The van der Waals surface area contributed by atoms with Gasteiger partial charge >= 0.3 is 0 Å². The molecule has 0 saturated carbocycles. The Bertz CT molecular complexity index is 741. The summed E-state index contributed by atoms with van der Waals surface area (Å²) < 4.78 is 5.52. The fourth-order valence-electron chi connectivity index (χ4n) is 2.73. The van der Waals surface area contributed by atoms with E-state index in [9.17, 15) is 4.79 Å². The number of amides is 1. The van der Waals surface area contributed by atoms with Crippen LogP contribution in [-0.4, -0.2) is 60.0 Å². The monoisotopic (exact) mass is 375 g/mol. The summed E-state index contributed by atoms with van der Waals surface area (Å²) >= 11 is 1.26. The number of thioether (sulfide) groups is 1. The minimum atomic E-state index is -0.0825. The highest BCUT2D eigenvalue weighted by Gasteiger charge is 2.18. The molecule has 1 aliphatic heterocycles. The third-order valence-electron chi connectivity index (χ3n) is 4.26. The highest BCUT2D eigenvalue weighted by molar-refractivity contribution is 7.99. The second-order valence-corrected chi connectivity index (χ2v) is 7.63. The van der Waals surface area contributed by atoms with E-state index in [0.29, 0.717) is 11.1 Å². The molecule has 1 amide bonds. The van der Waals surface area contributed by atoms with E-state index >= 15 is 0 Å². The topological polar surface area (TPSA) is 74.5 Å². The van der Waals surface area contributed by atoms with Crippen LogP contribution in [0.5, 0.6) is 0 Å². The van der Waals surface area contributed by atoms with Gasteiger partial charge in [0.25, 0.3) is 5.22 Å². The number of benzene rings is 1. The van der Waals surface area contributed by atoms with Gasteiger partial charge in [-0.2, -0.15) is 0 Å². The summed E-state index contributed by atoms with van der Waals surface area (Å²) in [5, 5.41) is 11.4. The second kappa shape index (κ2) is 8.55. The van der Waals surface area contributed by atoms with Crippen LogP contribution in [0.15, 0.2) is 33.9 Å². The zero-order valence-corrected chi connectivity index (χ0v) is 16.3. The molecule has 26 heavy (non-hydrogen) atoms. The van der Waals surface area contributed by atoms with Gasteiger partial charge in [-0.15, -0.1) is 10.2 Å². The van der Waals surface area contributed by atoms with Crippen molar-refractivity contribution in [2.75, 3.05) is 49.2 Å². The zero-order chi connectivity index (χ0) is 18.5. The standard InChI is InChI=1S/C18H25N5O2S/c1-13(2)17-20-21-18(25-17)26-12-16(24)19-14-6-4-5-7-15(14)23-10-8-22(3)9-11-23/h4-7,13H,8-12H2,1-3H3,(H,19,24). The molecule has 1 N–H and O–H groups in total. The van der Waals surface area contributed by atoms with Gasteiger partial charge in [0.05, 0.1) is 17.1 Å². The van der Waals surface area contributed by atoms with Crippen molar-refractivity contribution in [2.45, 2.75) is 25.0 Å². The van der Waals surface area contributed by atoms with Crippen LogP contribution in [-0.2, 0) is 4.79 Å². The largest absolute Gasteiger partial charge is 0.416 e. The lowest BCUT2D eigenvalue weighted by atomic mass is 10.2. The summed E-state index contributed by atoms with van der Waals surface area (Å²) in [6.45, 7) is 7.94. The molecule has 8 heteroatoms. The molecule has 0 radical (unpaired) electrons. The van der Waals surface area contributed by atoms with Gasteiger partial charge in [-0.25, -0.2) is 0 Å². The average Bonchev–Trinajstić information content (AvgIpc) is 3.11. The molecule has 3 rings (SSSR count). The van der Waals surface area contributed by atoms with Gasteiger partial charge < -0.3 is 19.5 Å². The molecule has 0 unspecified atom stereocenters. The van der Waals surface area contributed by atoms with Gasteiger partial charge in [0.15, 0.2) is 0 Å². The first kappa shape index (κ1) is 18.7. The average molecular weight is 375 g/mol. The lowest BCUT2D eigenvalue weighted by Gasteiger charge is -2.35. The Labute approximate surface area is 158 Å².